The highest BCUT2D eigenvalue weighted by Crippen LogP contribution is 2.32. The lowest BCUT2D eigenvalue weighted by Gasteiger charge is -2.35. The molecule has 1 aromatic heterocycles. The molecule has 2 aromatic carbocycles. The third kappa shape index (κ3) is 3.29. The molecule has 2 heterocycles. The Balaban J connectivity index is 1.75. The molecule has 1 unspecified atom stereocenters. The van der Waals surface area contributed by atoms with Crippen LogP contribution in [-0.4, -0.2) is 29.8 Å². The molecule has 4 rings (SSSR count). The number of piperazine rings is 1. The smallest absolute Gasteiger partial charge is 0.258 e. The van der Waals surface area contributed by atoms with Crippen LogP contribution in [0.5, 0.6) is 0 Å². The van der Waals surface area contributed by atoms with E-state index < -0.39 is 11.9 Å². The second-order valence-corrected chi connectivity index (χ2v) is 6.71. The van der Waals surface area contributed by atoms with Gasteiger partial charge < -0.3 is 14.6 Å². The molecule has 6 heteroatoms. The molecule has 142 valence electrons. The van der Waals surface area contributed by atoms with Gasteiger partial charge >= 0.3 is 0 Å². The first-order valence-electron chi connectivity index (χ1n) is 9.04. The van der Waals surface area contributed by atoms with E-state index in [1.165, 1.54) is 23.1 Å². The van der Waals surface area contributed by atoms with Crippen LogP contribution in [0.15, 0.2) is 65.1 Å². The topological polar surface area (TPSA) is 62.6 Å². The van der Waals surface area contributed by atoms with Crippen LogP contribution in [-0.2, 0) is 4.79 Å². The Hall–Kier alpha value is -3.41. The first-order valence-corrected chi connectivity index (χ1v) is 9.04. The molecule has 0 saturated carbocycles. The van der Waals surface area contributed by atoms with Gasteiger partial charge in [-0.25, -0.2) is 4.39 Å². The van der Waals surface area contributed by atoms with E-state index >= 15 is 0 Å². The van der Waals surface area contributed by atoms with E-state index in [2.05, 4.69) is 5.32 Å². The molecule has 0 bridgehead atoms. The zero-order chi connectivity index (χ0) is 19.7. The predicted octanol–water partition coefficient (Wildman–Crippen LogP) is 3.71. The van der Waals surface area contributed by atoms with Gasteiger partial charge in [-0.1, -0.05) is 42.5 Å². The van der Waals surface area contributed by atoms with Crippen LogP contribution in [0.4, 0.5) is 4.39 Å². The maximum absolute atomic E-state index is 13.7. The van der Waals surface area contributed by atoms with Gasteiger partial charge in [0.2, 0.25) is 5.91 Å². The summed E-state index contributed by atoms with van der Waals surface area (Å²) in [6.07, 6.45) is 0. The van der Waals surface area contributed by atoms with Crippen LogP contribution in [0.2, 0.25) is 0 Å². The van der Waals surface area contributed by atoms with Crippen molar-refractivity contribution < 1.29 is 18.4 Å². The highest BCUT2D eigenvalue weighted by atomic mass is 19.1. The van der Waals surface area contributed by atoms with E-state index in [4.69, 9.17) is 4.42 Å². The minimum absolute atomic E-state index is 0.320. The summed E-state index contributed by atoms with van der Waals surface area (Å²) in [6.45, 7) is 2.44. The molecule has 3 aromatic rings. The Labute approximate surface area is 161 Å². The number of amides is 2. The number of hydrogen-bond acceptors (Lipinski definition) is 3. The summed E-state index contributed by atoms with van der Waals surface area (Å²) >= 11 is 0. The fraction of sp³-hybridized carbons (Fsp3) is 0.182. The summed E-state index contributed by atoms with van der Waals surface area (Å²) in [5, 5.41) is 2.76. The van der Waals surface area contributed by atoms with Crippen molar-refractivity contribution >= 4 is 11.8 Å². The first kappa shape index (κ1) is 18.0. The number of halogens is 1. The first-order chi connectivity index (χ1) is 13.5. The Bertz CT molecular complexity index is 1030. The average molecular weight is 378 g/mol. The SMILES string of the molecule is Cc1cc(C(=O)N2CCNC(=O)C2c2cccc(F)c2)c(-c2ccccc2)o1. The van der Waals surface area contributed by atoms with Crippen molar-refractivity contribution in [2.75, 3.05) is 13.1 Å². The number of rotatable bonds is 3. The highest BCUT2D eigenvalue weighted by molar-refractivity contribution is 6.02. The second-order valence-electron chi connectivity index (χ2n) is 6.71. The fourth-order valence-corrected chi connectivity index (χ4v) is 3.53. The maximum atomic E-state index is 13.7. The molecule has 1 N–H and O–H groups in total. The molecule has 1 fully saturated rings. The van der Waals surface area contributed by atoms with Crippen molar-refractivity contribution in [1.82, 2.24) is 10.2 Å². The lowest BCUT2D eigenvalue weighted by molar-refractivity contribution is -0.128. The largest absolute Gasteiger partial charge is 0.461 e. The van der Waals surface area contributed by atoms with Crippen molar-refractivity contribution in [3.05, 3.63) is 83.4 Å². The van der Waals surface area contributed by atoms with E-state index in [9.17, 15) is 14.0 Å². The van der Waals surface area contributed by atoms with E-state index in [1.807, 2.05) is 30.3 Å². The van der Waals surface area contributed by atoms with Gasteiger partial charge in [0.05, 0.1) is 5.56 Å². The molecule has 2 amide bonds. The van der Waals surface area contributed by atoms with Gasteiger partial charge in [0.1, 0.15) is 23.4 Å². The number of nitrogens with one attached hydrogen (secondary N) is 1. The van der Waals surface area contributed by atoms with Crippen molar-refractivity contribution in [2.45, 2.75) is 13.0 Å². The standard InChI is InChI=1S/C22H19FN2O3/c1-14-12-18(20(28-14)15-6-3-2-4-7-15)22(27)25-11-10-24-21(26)19(25)16-8-5-9-17(23)13-16/h2-9,12-13,19H,10-11H2,1H3,(H,24,26). The van der Waals surface area contributed by atoms with Crippen molar-refractivity contribution in [3.8, 4) is 11.3 Å². The minimum Gasteiger partial charge on any atom is -0.461 e. The average Bonchev–Trinajstić information content (AvgIpc) is 3.09. The Kier molecular flexibility index (Phi) is 4.69. The van der Waals surface area contributed by atoms with Crippen LogP contribution < -0.4 is 5.32 Å². The van der Waals surface area contributed by atoms with Gasteiger partial charge in [0.15, 0.2) is 0 Å². The Morgan fingerprint density at radius 1 is 1.14 bits per heavy atom. The summed E-state index contributed by atoms with van der Waals surface area (Å²) in [7, 11) is 0. The van der Waals surface area contributed by atoms with Gasteiger partial charge in [0, 0.05) is 18.7 Å². The highest BCUT2D eigenvalue weighted by Gasteiger charge is 2.36. The van der Waals surface area contributed by atoms with Crippen molar-refractivity contribution in [3.63, 3.8) is 0 Å². The van der Waals surface area contributed by atoms with Crippen LogP contribution in [0.1, 0.15) is 27.7 Å². The van der Waals surface area contributed by atoms with Crippen molar-refractivity contribution in [1.29, 1.82) is 0 Å². The van der Waals surface area contributed by atoms with Crippen LogP contribution in [0, 0.1) is 12.7 Å². The van der Waals surface area contributed by atoms with Gasteiger partial charge in [-0.3, -0.25) is 9.59 Å². The van der Waals surface area contributed by atoms with Gasteiger partial charge in [-0.2, -0.15) is 0 Å². The molecule has 5 nitrogen and oxygen atoms in total. The molecule has 0 aliphatic carbocycles. The fourth-order valence-electron chi connectivity index (χ4n) is 3.53. The quantitative estimate of drug-likeness (QED) is 0.756. The lowest BCUT2D eigenvalue weighted by atomic mass is 10.00. The third-order valence-corrected chi connectivity index (χ3v) is 4.76. The molecular weight excluding hydrogens is 359 g/mol. The third-order valence-electron chi connectivity index (χ3n) is 4.76. The van der Waals surface area contributed by atoms with E-state index in [0.29, 0.717) is 35.7 Å². The summed E-state index contributed by atoms with van der Waals surface area (Å²) in [5.41, 5.74) is 1.61. The monoisotopic (exact) mass is 378 g/mol. The number of hydrogen-bond donors (Lipinski definition) is 1. The zero-order valence-electron chi connectivity index (χ0n) is 15.3. The number of benzene rings is 2. The van der Waals surface area contributed by atoms with Crippen molar-refractivity contribution in [2.24, 2.45) is 0 Å². The summed E-state index contributed by atoms with van der Waals surface area (Å²) in [5.74, 6) is -0.0306. The van der Waals surface area contributed by atoms with Gasteiger partial charge in [0.25, 0.3) is 5.91 Å². The normalized spacial score (nSPS) is 16.7. The second kappa shape index (κ2) is 7.31. The van der Waals surface area contributed by atoms with E-state index in [-0.39, 0.29) is 11.8 Å². The summed E-state index contributed by atoms with van der Waals surface area (Å²) in [4.78, 5) is 27.5. The van der Waals surface area contributed by atoms with Crippen LogP contribution in [0.3, 0.4) is 0 Å². The number of nitrogens with zero attached hydrogens (tertiary/aromatic N) is 1. The molecule has 0 radical (unpaired) electrons. The Morgan fingerprint density at radius 3 is 2.68 bits per heavy atom. The lowest BCUT2D eigenvalue weighted by Crippen LogP contribution is -2.52. The molecule has 28 heavy (non-hydrogen) atoms. The predicted molar refractivity (Wildman–Crippen MR) is 102 cm³/mol. The summed E-state index contributed by atoms with van der Waals surface area (Å²) in [6, 6.07) is 15.9. The Morgan fingerprint density at radius 2 is 1.93 bits per heavy atom. The number of carbonyl (C=O) groups is 2. The van der Waals surface area contributed by atoms with Crippen LogP contribution >= 0.6 is 0 Å². The molecule has 1 atom stereocenters. The van der Waals surface area contributed by atoms with Gasteiger partial charge in [-0.15, -0.1) is 0 Å². The molecule has 0 spiro atoms. The van der Waals surface area contributed by atoms with Gasteiger partial charge in [-0.05, 0) is 30.7 Å². The van der Waals surface area contributed by atoms with E-state index in [1.54, 1.807) is 19.1 Å². The molecule has 1 aliphatic heterocycles. The summed E-state index contributed by atoms with van der Waals surface area (Å²) < 4.78 is 19.5. The molecular formula is C22H19FN2O3. The molecule has 1 aliphatic rings. The van der Waals surface area contributed by atoms with Crippen LogP contribution in [0.25, 0.3) is 11.3 Å². The minimum atomic E-state index is -0.893. The number of carbonyl (C=O) groups excluding carboxylic acids is 2. The maximum Gasteiger partial charge on any atom is 0.258 e. The molecule has 1 saturated heterocycles. The zero-order valence-corrected chi connectivity index (χ0v) is 15.3. The van der Waals surface area contributed by atoms with E-state index in [0.717, 1.165) is 5.56 Å². The number of aryl methyl sites for hydroxylation is 1. The number of furan rings is 1.